The molecule has 14 heteroatoms. The summed E-state index contributed by atoms with van der Waals surface area (Å²) in [6.07, 6.45) is -11.9. The van der Waals surface area contributed by atoms with Gasteiger partial charge in [-0.1, -0.05) is 0 Å². The Morgan fingerprint density at radius 1 is 0.800 bits per heavy atom. The Morgan fingerprint density at radius 2 is 1.37 bits per heavy atom. The Balaban J connectivity index is 2.15. The Morgan fingerprint density at radius 3 is 1.90 bits per heavy atom. The topological polar surface area (TPSA) is 216 Å². The van der Waals surface area contributed by atoms with E-state index < -0.39 is 86.3 Å². The molecule has 0 aromatic heterocycles. The molecule has 2 aliphatic heterocycles. The van der Waals surface area contributed by atoms with E-state index in [9.17, 15) is 40.2 Å². The molecule has 0 aromatic rings. The summed E-state index contributed by atoms with van der Waals surface area (Å²) in [5.41, 5.74) is 0. The molecule has 8 N–H and O–H groups in total. The molecule has 2 saturated heterocycles. The molecular weight excluding hydrogens is 412 g/mol. The first-order chi connectivity index (χ1) is 14.1. The summed E-state index contributed by atoms with van der Waals surface area (Å²) < 4.78 is 10.4. The molecule has 2 amide bonds. The van der Waals surface area contributed by atoms with Crippen LogP contribution >= 0.6 is 0 Å². The normalized spacial score (nSPS) is 41.9. The van der Waals surface area contributed by atoms with Crippen molar-refractivity contribution in [3.8, 4) is 0 Å². The number of aliphatic hydroxyl groups is 6. The smallest absolute Gasteiger partial charge is 0.217 e. The molecule has 174 valence electrons. The quantitative estimate of drug-likeness (QED) is 0.138. The van der Waals surface area contributed by atoms with Crippen molar-refractivity contribution in [1.82, 2.24) is 10.6 Å². The number of hydrogen-bond donors (Lipinski definition) is 8. The van der Waals surface area contributed by atoms with Gasteiger partial charge in [-0.25, -0.2) is 9.78 Å². The second-order valence-corrected chi connectivity index (χ2v) is 7.05. The summed E-state index contributed by atoms with van der Waals surface area (Å²) in [4.78, 5) is 33.0. The molecule has 2 aliphatic rings. The molecule has 0 aliphatic carbocycles. The third kappa shape index (κ3) is 5.61. The lowest BCUT2D eigenvalue weighted by atomic mass is 9.96. The van der Waals surface area contributed by atoms with Crippen LogP contribution in [0, 0.1) is 0 Å². The largest absolute Gasteiger partial charge is 0.394 e. The van der Waals surface area contributed by atoms with Gasteiger partial charge in [0, 0.05) is 13.8 Å². The van der Waals surface area contributed by atoms with Crippen LogP contribution in [0.5, 0.6) is 0 Å². The van der Waals surface area contributed by atoms with Crippen molar-refractivity contribution < 1.29 is 59.5 Å². The molecule has 30 heavy (non-hydrogen) atoms. The van der Waals surface area contributed by atoms with Crippen LogP contribution in [-0.2, 0) is 28.8 Å². The third-order valence-corrected chi connectivity index (χ3v) is 4.75. The Kier molecular flexibility index (Phi) is 8.86. The standard InChI is InChI=1S/C16H28N2O12/c1-5(21)17-9-13(25)14(8(4-20)27-15(9)26)29-30-16-10(18-6(2)22)12(24)11(23)7(3-19)28-16/h7-16,19-20,23-26H,3-4H2,1-2H3,(H,17,21)(H,18,22)/t7-,8-,9-,10-,11-,12-,13-,14-,15+,16+/m1/s1. The fraction of sp³-hybridized carbons (Fsp3) is 0.875. The molecule has 0 saturated carbocycles. The molecule has 0 spiro atoms. The summed E-state index contributed by atoms with van der Waals surface area (Å²) >= 11 is 0. The molecule has 2 heterocycles. The number of hydrogen-bond acceptors (Lipinski definition) is 12. The predicted octanol–water partition coefficient (Wildman–Crippen LogP) is -5.18. The number of amides is 2. The van der Waals surface area contributed by atoms with Gasteiger partial charge in [-0.2, -0.15) is 0 Å². The molecule has 2 fully saturated rings. The van der Waals surface area contributed by atoms with Crippen LogP contribution in [0.15, 0.2) is 0 Å². The zero-order chi connectivity index (χ0) is 22.6. The van der Waals surface area contributed by atoms with Gasteiger partial charge in [0.2, 0.25) is 18.1 Å². The summed E-state index contributed by atoms with van der Waals surface area (Å²) in [7, 11) is 0. The maximum absolute atomic E-state index is 11.4. The second-order valence-electron chi connectivity index (χ2n) is 7.05. The first kappa shape index (κ1) is 24.8. The fourth-order valence-corrected chi connectivity index (χ4v) is 3.26. The van der Waals surface area contributed by atoms with Crippen molar-refractivity contribution in [2.75, 3.05) is 13.2 Å². The lowest BCUT2D eigenvalue weighted by Crippen LogP contribution is -2.66. The van der Waals surface area contributed by atoms with Crippen molar-refractivity contribution >= 4 is 11.8 Å². The van der Waals surface area contributed by atoms with E-state index in [2.05, 4.69) is 10.6 Å². The molecule has 0 bridgehead atoms. The van der Waals surface area contributed by atoms with E-state index in [1.54, 1.807) is 0 Å². The van der Waals surface area contributed by atoms with Gasteiger partial charge in [0.15, 0.2) is 6.29 Å². The Hall–Kier alpha value is -1.46. The van der Waals surface area contributed by atoms with Crippen molar-refractivity contribution in [2.45, 2.75) is 75.1 Å². The van der Waals surface area contributed by atoms with Gasteiger partial charge in [0.25, 0.3) is 0 Å². The number of carbonyl (C=O) groups excluding carboxylic acids is 2. The van der Waals surface area contributed by atoms with E-state index in [1.807, 2.05) is 0 Å². The fourth-order valence-electron chi connectivity index (χ4n) is 3.26. The number of nitrogens with one attached hydrogen (secondary N) is 2. The number of carbonyl (C=O) groups is 2. The predicted molar refractivity (Wildman–Crippen MR) is 92.9 cm³/mol. The zero-order valence-electron chi connectivity index (χ0n) is 16.3. The van der Waals surface area contributed by atoms with E-state index >= 15 is 0 Å². The van der Waals surface area contributed by atoms with Crippen molar-refractivity contribution in [1.29, 1.82) is 0 Å². The zero-order valence-corrected chi connectivity index (χ0v) is 16.3. The lowest BCUT2D eigenvalue weighted by Gasteiger charge is -2.44. The highest BCUT2D eigenvalue weighted by Gasteiger charge is 2.49. The van der Waals surface area contributed by atoms with Gasteiger partial charge in [0.05, 0.1) is 13.2 Å². The van der Waals surface area contributed by atoms with E-state index in [0.717, 1.165) is 13.8 Å². The minimum Gasteiger partial charge on any atom is -0.394 e. The van der Waals surface area contributed by atoms with Crippen molar-refractivity contribution in [3.05, 3.63) is 0 Å². The minimum atomic E-state index is -1.64. The van der Waals surface area contributed by atoms with Crippen LogP contribution in [0.25, 0.3) is 0 Å². The monoisotopic (exact) mass is 440 g/mol. The van der Waals surface area contributed by atoms with Gasteiger partial charge in [-0.05, 0) is 0 Å². The summed E-state index contributed by atoms with van der Waals surface area (Å²) in [6, 6.07) is -2.62. The number of ether oxygens (including phenoxy) is 2. The number of aliphatic hydroxyl groups excluding tert-OH is 6. The van der Waals surface area contributed by atoms with Crippen molar-refractivity contribution in [2.24, 2.45) is 0 Å². The summed E-state index contributed by atoms with van der Waals surface area (Å²) in [5, 5.41) is 64.0. The van der Waals surface area contributed by atoms with Crippen LogP contribution in [-0.4, -0.2) is 117 Å². The summed E-state index contributed by atoms with van der Waals surface area (Å²) in [5.74, 6) is -1.16. The molecule has 14 nitrogen and oxygen atoms in total. The maximum Gasteiger partial charge on any atom is 0.217 e. The molecular formula is C16H28N2O12. The second kappa shape index (κ2) is 10.7. The number of rotatable bonds is 7. The highest BCUT2D eigenvalue weighted by Crippen LogP contribution is 2.26. The van der Waals surface area contributed by atoms with Crippen LogP contribution in [0.1, 0.15) is 13.8 Å². The van der Waals surface area contributed by atoms with Gasteiger partial charge in [-0.3, -0.25) is 9.59 Å². The Labute approximate surface area is 171 Å². The molecule has 0 unspecified atom stereocenters. The van der Waals surface area contributed by atoms with Crippen LogP contribution in [0.3, 0.4) is 0 Å². The van der Waals surface area contributed by atoms with E-state index in [-0.39, 0.29) is 0 Å². The van der Waals surface area contributed by atoms with Crippen LogP contribution in [0.4, 0.5) is 0 Å². The van der Waals surface area contributed by atoms with Gasteiger partial charge >= 0.3 is 0 Å². The van der Waals surface area contributed by atoms with Gasteiger partial charge in [0.1, 0.15) is 48.7 Å². The average Bonchev–Trinajstić information content (AvgIpc) is 2.68. The first-order valence-electron chi connectivity index (χ1n) is 9.21. The maximum atomic E-state index is 11.4. The van der Waals surface area contributed by atoms with Gasteiger partial charge < -0.3 is 50.7 Å². The molecule has 0 radical (unpaired) electrons. The van der Waals surface area contributed by atoms with Crippen LogP contribution in [0.2, 0.25) is 0 Å². The lowest BCUT2D eigenvalue weighted by molar-refractivity contribution is -0.451. The van der Waals surface area contributed by atoms with Crippen molar-refractivity contribution in [3.63, 3.8) is 0 Å². The molecule has 10 atom stereocenters. The summed E-state index contributed by atoms with van der Waals surface area (Å²) in [6.45, 7) is 0.918. The minimum absolute atomic E-state index is 0.576. The van der Waals surface area contributed by atoms with E-state index in [4.69, 9.17) is 19.2 Å². The first-order valence-corrected chi connectivity index (χ1v) is 9.21. The highest BCUT2D eigenvalue weighted by molar-refractivity contribution is 5.73. The molecule has 0 aromatic carbocycles. The van der Waals surface area contributed by atoms with E-state index in [1.165, 1.54) is 0 Å². The highest BCUT2D eigenvalue weighted by atomic mass is 17.2. The van der Waals surface area contributed by atoms with E-state index in [0.29, 0.717) is 0 Å². The third-order valence-electron chi connectivity index (χ3n) is 4.75. The van der Waals surface area contributed by atoms with Crippen LogP contribution < -0.4 is 10.6 Å². The SMILES string of the molecule is CC(=O)N[C@@H]1[C@@H](O)[C@H](OO[C@@H]2O[C@H](CO)[C@@H](O)[C@H](O)[C@H]2NC(C)=O)[C@@H](CO)O[C@@H]1O. The molecule has 2 rings (SSSR count). The van der Waals surface area contributed by atoms with Gasteiger partial charge in [-0.15, -0.1) is 0 Å². The average molecular weight is 440 g/mol. The Bertz CT molecular complexity index is 595.